The van der Waals surface area contributed by atoms with Crippen LogP contribution in [0, 0.1) is 18.7 Å². The molecule has 10 heteroatoms. The van der Waals surface area contributed by atoms with E-state index in [1.165, 1.54) is 18.3 Å². The third-order valence-electron chi connectivity index (χ3n) is 5.91. The highest BCUT2D eigenvalue weighted by molar-refractivity contribution is 6.30. The summed E-state index contributed by atoms with van der Waals surface area (Å²) in [5, 5.41) is 3.25. The topological polar surface area (TPSA) is 51.2 Å². The van der Waals surface area contributed by atoms with Gasteiger partial charge >= 0.3 is 12.5 Å². The lowest BCUT2D eigenvalue weighted by atomic mass is 9.80. The first kappa shape index (κ1) is 25.9. The van der Waals surface area contributed by atoms with Gasteiger partial charge < -0.3 is 10.1 Å². The van der Waals surface area contributed by atoms with Crippen LogP contribution in [0.25, 0.3) is 0 Å². The Bertz CT molecular complexity index is 1230. The lowest BCUT2D eigenvalue weighted by Crippen LogP contribution is -2.50. The van der Waals surface area contributed by atoms with Gasteiger partial charge in [-0.05, 0) is 55.2 Å². The van der Waals surface area contributed by atoms with Crippen LogP contribution >= 0.6 is 11.6 Å². The van der Waals surface area contributed by atoms with E-state index in [0.717, 1.165) is 23.3 Å². The number of pyridine rings is 1. The fourth-order valence-electron chi connectivity index (χ4n) is 3.89. The van der Waals surface area contributed by atoms with Crippen LogP contribution in [-0.2, 0) is 16.8 Å². The van der Waals surface area contributed by atoms with E-state index in [1.54, 1.807) is 0 Å². The highest BCUT2D eigenvalue weighted by Crippen LogP contribution is 2.39. The molecule has 3 aromatic rings. The van der Waals surface area contributed by atoms with E-state index in [-0.39, 0.29) is 29.5 Å². The maximum atomic E-state index is 14.7. The standard InChI is InChI=1S/C26H22ClF5N2O2/c1-15-2-4-16(5-3-15)13-25(34-23(35)17-6-7-17,22-9-8-19(27)14-33-22)18-10-20(28)12-21(11-18)36-26(31,32)24(29)30/h2-5,8-12,14,17,24H,6-7,13H2,1H3,(H,34,35)/t25-/m0/s1. The van der Waals surface area contributed by atoms with Gasteiger partial charge in [-0.15, -0.1) is 0 Å². The van der Waals surface area contributed by atoms with Gasteiger partial charge in [0.05, 0.1) is 10.7 Å². The van der Waals surface area contributed by atoms with Crippen LogP contribution < -0.4 is 10.1 Å². The Balaban J connectivity index is 1.90. The number of halogens is 6. The molecule has 0 aliphatic heterocycles. The maximum absolute atomic E-state index is 14.7. The number of alkyl halides is 4. The summed E-state index contributed by atoms with van der Waals surface area (Å²) >= 11 is 6.02. The van der Waals surface area contributed by atoms with E-state index in [4.69, 9.17) is 11.6 Å². The van der Waals surface area contributed by atoms with E-state index in [1.807, 2.05) is 31.2 Å². The third-order valence-corrected chi connectivity index (χ3v) is 6.13. The minimum atomic E-state index is -4.85. The quantitative estimate of drug-likeness (QED) is 0.328. The summed E-state index contributed by atoms with van der Waals surface area (Å²) in [4.78, 5) is 17.4. The van der Waals surface area contributed by atoms with Crippen molar-refractivity contribution in [2.45, 2.75) is 44.3 Å². The Kier molecular flexibility index (Phi) is 7.22. The zero-order chi connectivity index (χ0) is 26.1. The number of hydrogen-bond donors (Lipinski definition) is 1. The molecule has 0 spiro atoms. The van der Waals surface area contributed by atoms with Gasteiger partial charge in [0.15, 0.2) is 0 Å². The van der Waals surface area contributed by atoms with E-state index in [9.17, 15) is 26.7 Å². The van der Waals surface area contributed by atoms with Crippen molar-refractivity contribution in [1.82, 2.24) is 10.3 Å². The van der Waals surface area contributed by atoms with Crippen molar-refractivity contribution in [1.29, 1.82) is 0 Å². The number of ether oxygens (including phenoxy) is 1. The summed E-state index contributed by atoms with van der Waals surface area (Å²) in [6, 6.07) is 13.0. The van der Waals surface area contributed by atoms with Gasteiger partial charge in [0.2, 0.25) is 5.91 Å². The lowest BCUT2D eigenvalue weighted by molar-refractivity contribution is -0.253. The van der Waals surface area contributed by atoms with E-state index < -0.39 is 29.6 Å². The predicted octanol–water partition coefficient (Wildman–Crippen LogP) is 6.43. The molecule has 1 N–H and O–H groups in total. The molecule has 0 unspecified atom stereocenters. The smallest absolute Gasteiger partial charge is 0.428 e. The van der Waals surface area contributed by atoms with E-state index in [0.29, 0.717) is 23.9 Å². The van der Waals surface area contributed by atoms with E-state index in [2.05, 4.69) is 15.0 Å². The highest BCUT2D eigenvalue weighted by atomic mass is 35.5. The number of amides is 1. The molecular weight excluding hydrogens is 503 g/mol. The number of aromatic nitrogens is 1. The van der Waals surface area contributed by atoms with Crippen molar-refractivity contribution < 1.29 is 31.5 Å². The minimum absolute atomic E-state index is 0.00744. The molecule has 1 aromatic heterocycles. The van der Waals surface area contributed by atoms with Crippen molar-refractivity contribution in [3.05, 3.63) is 94.0 Å². The molecule has 1 saturated carbocycles. The van der Waals surface area contributed by atoms with Crippen molar-refractivity contribution in [2.24, 2.45) is 5.92 Å². The fraction of sp³-hybridized carbons (Fsp3) is 0.308. The number of benzene rings is 2. The largest absolute Gasteiger partial charge is 0.461 e. The predicted molar refractivity (Wildman–Crippen MR) is 124 cm³/mol. The molecule has 4 nitrogen and oxygen atoms in total. The molecule has 190 valence electrons. The number of hydrogen-bond acceptors (Lipinski definition) is 3. The van der Waals surface area contributed by atoms with Gasteiger partial charge in [0.25, 0.3) is 0 Å². The second kappa shape index (κ2) is 10.0. The first-order valence-corrected chi connectivity index (χ1v) is 11.5. The number of rotatable bonds is 9. The van der Waals surface area contributed by atoms with Crippen molar-refractivity contribution in [2.75, 3.05) is 0 Å². The zero-order valence-electron chi connectivity index (χ0n) is 19.1. The van der Waals surface area contributed by atoms with Gasteiger partial charge in [-0.1, -0.05) is 41.4 Å². The summed E-state index contributed by atoms with van der Waals surface area (Å²) in [7, 11) is 0. The number of nitrogens with zero attached hydrogens (tertiary/aromatic N) is 1. The Hall–Kier alpha value is -3.20. The van der Waals surface area contributed by atoms with E-state index >= 15 is 0 Å². The van der Waals surface area contributed by atoms with Gasteiger partial charge in [-0.25, -0.2) is 4.39 Å². The number of carbonyl (C=O) groups is 1. The third kappa shape index (κ3) is 5.78. The first-order chi connectivity index (χ1) is 17.0. The molecule has 1 aliphatic carbocycles. The van der Waals surface area contributed by atoms with Crippen LogP contribution in [0.4, 0.5) is 22.0 Å². The summed E-state index contributed by atoms with van der Waals surface area (Å²) in [5.41, 5.74) is 0.384. The number of nitrogens with one attached hydrogen (secondary N) is 1. The molecule has 1 amide bonds. The van der Waals surface area contributed by atoms with Gasteiger partial charge in [-0.2, -0.15) is 17.6 Å². The average Bonchev–Trinajstić information content (AvgIpc) is 3.65. The van der Waals surface area contributed by atoms with Gasteiger partial charge in [0.1, 0.15) is 17.1 Å². The SMILES string of the molecule is Cc1ccc(C[C@](NC(=O)C2CC2)(c2cc(F)cc(OC(F)(F)C(F)F)c2)c2ccc(Cl)cn2)cc1. The Morgan fingerprint density at radius 2 is 1.83 bits per heavy atom. The normalized spacial score (nSPS) is 15.4. The lowest BCUT2D eigenvalue weighted by Gasteiger charge is -2.36. The Morgan fingerprint density at radius 1 is 1.14 bits per heavy atom. The molecule has 0 saturated heterocycles. The molecule has 2 aromatic carbocycles. The second-order valence-corrected chi connectivity index (χ2v) is 9.27. The zero-order valence-corrected chi connectivity index (χ0v) is 19.8. The van der Waals surface area contributed by atoms with Crippen molar-refractivity contribution >= 4 is 17.5 Å². The average molecular weight is 525 g/mol. The van der Waals surface area contributed by atoms with Crippen LogP contribution in [0.15, 0.2) is 60.8 Å². The molecule has 36 heavy (non-hydrogen) atoms. The molecule has 1 heterocycles. The fourth-order valence-corrected chi connectivity index (χ4v) is 4.00. The van der Waals surface area contributed by atoms with Gasteiger partial charge in [-0.3, -0.25) is 9.78 Å². The van der Waals surface area contributed by atoms with Crippen molar-refractivity contribution in [3.8, 4) is 5.75 Å². The monoisotopic (exact) mass is 524 g/mol. The molecule has 0 bridgehead atoms. The Labute approximate surface area is 209 Å². The molecule has 1 aliphatic rings. The molecule has 1 fully saturated rings. The molecular formula is C26H22ClF5N2O2. The van der Waals surface area contributed by atoms with Crippen LogP contribution in [0.2, 0.25) is 5.02 Å². The Morgan fingerprint density at radius 3 is 2.42 bits per heavy atom. The van der Waals surface area contributed by atoms with Crippen LogP contribution in [0.3, 0.4) is 0 Å². The molecule has 1 atom stereocenters. The minimum Gasteiger partial charge on any atom is -0.428 e. The highest BCUT2D eigenvalue weighted by Gasteiger charge is 2.45. The summed E-state index contributed by atoms with van der Waals surface area (Å²) < 4.78 is 71.8. The number of carbonyl (C=O) groups excluding carboxylic acids is 1. The summed E-state index contributed by atoms with van der Waals surface area (Å²) in [6.07, 6.45) is -6.26. The summed E-state index contributed by atoms with van der Waals surface area (Å²) in [6.45, 7) is 1.89. The molecule has 0 radical (unpaired) electrons. The first-order valence-electron chi connectivity index (χ1n) is 11.1. The molecule has 4 rings (SSSR count). The maximum Gasteiger partial charge on any atom is 0.461 e. The second-order valence-electron chi connectivity index (χ2n) is 8.83. The summed E-state index contributed by atoms with van der Waals surface area (Å²) in [5.74, 6) is -2.43. The van der Waals surface area contributed by atoms with Crippen LogP contribution in [0.5, 0.6) is 5.75 Å². The van der Waals surface area contributed by atoms with Crippen LogP contribution in [0.1, 0.15) is 35.2 Å². The van der Waals surface area contributed by atoms with Crippen LogP contribution in [-0.4, -0.2) is 23.4 Å². The van der Waals surface area contributed by atoms with Gasteiger partial charge in [0, 0.05) is 24.6 Å². The number of aryl methyl sites for hydroxylation is 1. The van der Waals surface area contributed by atoms with Crippen molar-refractivity contribution in [3.63, 3.8) is 0 Å².